The molecule has 0 saturated carbocycles. The molecule has 86 valence electrons. The van der Waals surface area contributed by atoms with Crippen LogP contribution < -0.4 is 5.73 Å². The van der Waals surface area contributed by atoms with Gasteiger partial charge in [-0.15, -0.1) is 0 Å². The summed E-state index contributed by atoms with van der Waals surface area (Å²) in [6.07, 6.45) is 0. The average molecular weight is 235 g/mol. The third-order valence-corrected chi connectivity index (χ3v) is 2.59. The molecule has 18 heavy (non-hydrogen) atoms. The van der Waals surface area contributed by atoms with Gasteiger partial charge in [-0.1, -0.05) is 12.1 Å². The molecule has 3 N–H and O–H groups in total. The van der Waals surface area contributed by atoms with E-state index in [1.165, 1.54) is 6.07 Å². The maximum absolute atomic E-state index is 9.43. The summed E-state index contributed by atoms with van der Waals surface area (Å²) in [5.41, 5.74) is 8.11. The van der Waals surface area contributed by atoms with Crippen molar-refractivity contribution < 1.29 is 5.11 Å². The zero-order chi connectivity index (χ0) is 13.1. The minimum absolute atomic E-state index is 0.120. The van der Waals surface area contributed by atoms with Crippen LogP contribution in [0.1, 0.15) is 11.1 Å². The van der Waals surface area contributed by atoms with Gasteiger partial charge in [0.15, 0.2) is 0 Å². The molecule has 4 heteroatoms. The third kappa shape index (κ3) is 1.95. The predicted molar refractivity (Wildman–Crippen MR) is 67.4 cm³/mol. The van der Waals surface area contributed by atoms with Crippen LogP contribution >= 0.6 is 0 Å². The molecule has 0 aliphatic rings. The van der Waals surface area contributed by atoms with E-state index in [1.807, 2.05) is 12.1 Å². The molecule has 0 saturated heterocycles. The van der Waals surface area contributed by atoms with Crippen LogP contribution in [-0.2, 0) is 0 Å². The molecule has 0 atom stereocenters. The van der Waals surface area contributed by atoms with Gasteiger partial charge in [0.25, 0.3) is 0 Å². The number of phenolic OH excluding ortho intramolecular Hbond substituents is 1. The van der Waals surface area contributed by atoms with Crippen LogP contribution in [0.25, 0.3) is 11.1 Å². The summed E-state index contributed by atoms with van der Waals surface area (Å²) < 4.78 is 0. The summed E-state index contributed by atoms with van der Waals surface area (Å²) in [4.78, 5) is 0. The van der Waals surface area contributed by atoms with Gasteiger partial charge in [-0.05, 0) is 29.8 Å². The van der Waals surface area contributed by atoms with Crippen LogP contribution in [0.4, 0.5) is 5.69 Å². The van der Waals surface area contributed by atoms with E-state index in [2.05, 4.69) is 0 Å². The molecule has 0 unspecified atom stereocenters. The van der Waals surface area contributed by atoms with Crippen molar-refractivity contribution in [2.24, 2.45) is 0 Å². The lowest BCUT2D eigenvalue weighted by Gasteiger charge is -2.08. The zero-order valence-corrected chi connectivity index (χ0v) is 9.38. The second-order valence-corrected chi connectivity index (χ2v) is 3.76. The largest absolute Gasteiger partial charge is 0.508 e. The number of phenols is 1. The highest BCUT2D eigenvalue weighted by atomic mass is 16.3. The van der Waals surface area contributed by atoms with Crippen molar-refractivity contribution in [1.29, 1.82) is 10.5 Å². The third-order valence-electron chi connectivity index (χ3n) is 2.59. The Labute approximate surface area is 104 Å². The van der Waals surface area contributed by atoms with E-state index >= 15 is 0 Å². The Kier molecular flexibility index (Phi) is 2.87. The van der Waals surface area contributed by atoms with Gasteiger partial charge < -0.3 is 10.8 Å². The van der Waals surface area contributed by atoms with Gasteiger partial charge in [0, 0.05) is 11.3 Å². The van der Waals surface area contributed by atoms with Gasteiger partial charge in [-0.3, -0.25) is 0 Å². The summed E-state index contributed by atoms with van der Waals surface area (Å²) in [7, 11) is 0. The molecule has 0 aliphatic heterocycles. The van der Waals surface area contributed by atoms with Gasteiger partial charge in [0.05, 0.1) is 11.1 Å². The minimum atomic E-state index is 0.120. The Hall–Kier alpha value is -2.98. The lowest BCUT2D eigenvalue weighted by molar-refractivity contribution is 0.475. The Bertz CT molecular complexity index is 693. The quantitative estimate of drug-likeness (QED) is 0.742. The van der Waals surface area contributed by atoms with Crippen molar-refractivity contribution in [3.05, 3.63) is 47.5 Å². The minimum Gasteiger partial charge on any atom is -0.508 e. The van der Waals surface area contributed by atoms with E-state index in [1.54, 1.807) is 30.3 Å². The number of benzene rings is 2. The van der Waals surface area contributed by atoms with Crippen LogP contribution in [0, 0.1) is 22.7 Å². The first-order chi connectivity index (χ1) is 8.65. The molecule has 0 amide bonds. The summed E-state index contributed by atoms with van der Waals surface area (Å²) >= 11 is 0. The number of nitrogen functional groups attached to an aromatic ring is 1. The molecule has 0 heterocycles. The standard InChI is InChI=1S/C14H9N3O/c15-7-10-5-13(14(17)6-11(10)8-16)9-2-1-3-12(18)4-9/h1-6,18H,17H2. The van der Waals surface area contributed by atoms with Crippen LogP contribution in [0.15, 0.2) is 36.4 Å². The highest BCUT2D eigenvalue weighted by molar-refractivity contribution is 5.80. The Balaban J connectivity index is 2.67. The van der Waals surface area contributed by atoms with Crippen LogP contribution in [0.2, 0.25) is 0 Å². The first-order valence-corrected chi connectivity index (χ1v) is 5.19. The van der Waals surface area contributed by atoms with Crippen molar-refractivity contribution in [2.75, 3.05) is 5.73 Å². The fourth-order valence-electron chi connectivity index (χ4n) is 1.72. The molecule has 0 aromatic heterocycles. The van der Waals surface area contributed by atoms with E-state index in [0.29, 0.717) is 16.8 Å². The van der Waals surface area contributed by atoms with Crippen LogP contribution in [0.3, 0.4) is 0 Å². The molecule has 0 fully saturated rings. The van der Waals surface area contributed by atoms with Crippen LogP contribution in [-0.4, -0.2) is 5.11 Å². The number of anilines is 1. The first-order valence-electron chi connectivity index (χ1n) is 5.19. The van der Waals surface area contributed by atoms with Crippen molar-refractivity contribution >= 4 is 5.69 Å². The summed E-state index contributed by atoms with van der Waals surface area (Å²) in [5.74, 6) is 0.120. The molecule has 0 bridgehead atoms. The smallest absolute Gasteiger partial charge is 0.116 e. The number of hydrogen-bond donors (Lipinski definition) is 2. The zero-order valence-electron chi connectivity index (χ0n) is 9.38. The topological polar surface area (TPSA) is 93.8 Å². The van der Waals surface area contributed by atoms with Crippen LogP contribution in [0.5, 0.6) is 5.75 Å². The molecular formula is C14H9N3O. The lowest BCUT2D eigenvalue weighted by Crippen LogP contribution is -1.94. The molecular weight excluding hydrogens is 226 g/mol. The van der Waals surface area contributed by atoms with Gasteiger partial charge in [0.1, 0.15) is 17.9 Å². The molecule has 4 nitrogen and oxygen atoms in total. The van der Waals surface area contributed by atoms with Crippen molar-refractivity contribution in [1.82, 2.24) is 0 Å². The second-order valence-electron chi connectivity index (χ2n) is 3.76. The van der Waals surface area contributed by atoms with Gasteiger partial charge >= 0.3 is 0 Å². The molecule has 2 aromatic rings. The summed E-state index contributed by atoms with van der Waals surface area (Å²) in [6.45, 7) is 0. The maximum Gasteiger partial charge on any atom is 0.116 e. The number of nitrogens with zero attached hydrogens (tertiary/aromatic N) is 2. The molecule has 0 radical (unpaired) electrons. The first kappa shape index (κ1) is 11.5. The van der Waals surface area contributed by atoms with Gasteiger partial charge in [-0.25, -0.2) is 0 Å². The predicted octanol–water partition coefficient (Wildman–Crippen LogP) is 2.38. The van der Waals surface area contributed by atoms with E-state index in [-0.39, 0.29) is 16.9 Å². The summed E-state index contributed by atoms with van der Waals surface area (Å²) in [5, 5.41) is 27.3. The number of hydrogen-bond acceptors (Lipinski definition) is 4. The number of aromatic hydroxyl groups is 1. The molecule has 0 aliphatic carbocycles. The van der Waals surface area contributed by atoms with E-state index < -0.39 is 0 Å². The van der Waals surface area contributed by atoms with E-state index in [4.69, 9.17) is 16.3 Å². The Morgan fingerprint density at radius 1 is 1.00 bits per heavy atom. The fraction of sp³-hybridized carbons (Fsp3) is 0. The number of nitriles is 2. The normalized spacial score (nSPS) is 9.44. The summed E-state index contributed by atoms with van der Waals surface area (Å²) in [6, 6.07) is 13.5. The number of nitrogens with two attached hydrogens (primary N) is 1. The van der Waals surface area contributed by atoms with Crippen molar-refractivity contribution in [2.45, 2.75) is 0 Å². The Morgan fingerprint density at radius 2 is 1.67 bits per heavy atom. The Morgan fingerprint density at radius 3 is 2.28 bits per heavy atom. The maximum atomic E-state index is 9.43. The van der Waals surface area contributed by atoms with Gasteiger partial charge in [0.2, 0.25) is 0 Å². The lowest BCUT2D eigenvalue weighted by atomic mass is 9.98. The highest BCUT2D eigenvalue weighted by Crippen LogP contribution is 2.30. The second kappa shape index (κ2) is 4.48. The fourth-order valence-corrected chi connectivity index (χ4v) is 1.72. The SMILES string of the molecule is N#Cc1cc(N)c(-c2cccc(O)c2)cc1C#N. The van der Waals surface area contributed by atoms with E-state index in [0.717, 1.165) is 0 Å². The molecule has 2 rings (SSSR count). The van der Waals surface area contributed by atoms with Gasteiger partial charge in [-0.2, -0.15) is 10.5 Å². The highest BCUT2D eigenvalue weighted by Gasteiger charge is 2.09. The average Bonchev–Trinajstić information content (AvgIpc) is 2.38. The van der Waals surface area contributed by atoms with Crippen molar-refractivity contribution in [3.63, 3.8) is 0 Å². The monoisotopic (exact) mass is 235 g/mol. The molecule has 0 spiro atoms. The molecule has 2 aromatic carbocycles. The van der Waals surface area contributed by atoms with E-state index in [9.17, 15) is 5.11 Å². The van der Waals surface area contributed by atoms with Crippen molar-refractivity contribution in [3.8, 4) is 29.0 Å². The number of rotatable bonds is 1.